The lowest BCUT2D eigenvalue weighted by Crippen LogP contribution is -2.24. The number of rotatable bonds is 6. The Morgan fingerprint density at radius 3 is 2.63 bits per heavy atom. The van der Waals surface area contributed by atoms with Crippen LogP contribution in [0.3, 0.4) is 0 Å². The van der Waals surface area contributed by atoms with Crippen LogP contribution in [0.1, 0.15) is 35.7 Å². The summed E-state index contributed by atoms with van der Waals surface area (Å²) >= 11 is 7.69. The number of halogens is 1. The van der Waals surface area contributed by atoms with Crippen molar-refractivity contribution in [1.29, 1.82) is 0 Å². The van der Waals surface area contributed by atoms with Crippen molar-refractivity contribution in [2.45, 2.75) is 32.7 Å². The molecule has 1 aromatic heterocycles. The van der Waals surface area contributed by atoms with E-state index < -0.39 is 0 Å². The highest BCUT2D eigenvalue weighted by molar-refractivity contribution is 7.09. The number of benzene rings is 1. The molecule has 19 heavy (non-hydrogen) atoms. The van der Waals surface area contributed by atoms with Gasteiger partial charge in [-0.05, 0) is 37.6 Å². The summed E-state index contributed by atoms with van der Waals surface area (Å²) in [6.07, 6.45) is 2.06. The highest BCUT2D eigenvalue weighted by Gasteiger charge is 2.13. The van der Waals surface area contributed by atoms with Crippen LogP contribution in [-0.2, 0) is 6.42 Å². The third-order valence-corrected chi connectivity index (χ3v) is 4.20. The Labute approximate surface area is 123 Å². The van der Waals surface area contributed by atoms with Gasteiger partial charge in [0.2, 0.25) is 0 Å². The highest BCUT2D eigenvalue weighted by atomic mass is 35.5. The molecule has 1 aromatic carbocycles. The minimum atomic E-state index is 0.308. The van der Waals surface area contributed by atoms with Crippen LogP contribution in [0.5, 0.6) is 0 Å². The van der Waals surface area contributed by atoms with Gasteiger partial charge in [0.25, 0.3) is 0 Å². The molecule has 1 atom stereocenters. The van der Waals surface area contributed by atoms with Crippen LogP contribution >= 0.6 is 22.9 Å². The van der Waals surface area contributed by atoms with Crippen LogP contribution in [0.2, 0.25) is 5.02 Å². The second-order valence-electron chi connectivity index (χ2n) is 4.65. The fourth-order valence-corrected chi connectivity index (χ4v) is 2.94. The van der Waals surface area contributed by atoms with Crippen molar-refractivity contribution < 1.29 is 0 Å². The fourth-order valence-electron chi connectivity index (χ4n) is 1.99. The molecule has 0 saturated heterocycles. The lowest BCUT2D eigenvalue weighted by atomic mass is 10.0. The zero-order chi connectivity index (χ0) is 13.7. The Kier molecular flexibility index (Phi) is 5.37. The predicted octanol–water partition coefficient (Wildman–Crippen LogP) is 4.39. The van der Waals surface area contributed by atoms with E-state index in [4.69, 9.17) is 11.6 Å². The van der Waals surface area contributed by atoms with Gasteiger partial charge in [0, 0.05) is 28.6 Å². The summed E-state index contributed by atoms with van der Waals surface area (Å²) in [5, 5.41) is 7.65. The normalized spacial score (nSPS) is 12.6. The van der Waals surface area contributed by atoms with Gasteiger partial charge in [0.05, 0.1) is 5.01 Å². The highest BCUT2D eigenvalue weighted by Crippen LogP contribution is 2.22. The van der Waals surface area contributed by atoms with Crippen LogP contribution in [-0.4, -0.2) is 11.5 Å². The van der Waals surface area contributed by atoms with Crippen molar-refractivity contribution >= 4 is 22.9 Å². The van der Waals surface area contributed by atoms with E-state index in [-0.39, 0.29) is 0 Å². The number of nitrogens with zero attached hydrogens (tertiary/aromatic N) is 1. The van der Waals surface area contributed by atoms with Gasteiger partial charge in [0.1, 0.15) is 0 Å². The first-order chi connectivity index (χ1) is 9.19. The van der Waals surface area contributed by atoms with E-state index in [2.05, 4.69) is 34.7 Å². The maximum absolute atomic E-state index is 5.95. The molecule has 0 bridgehead atoms. The molecule has 102 valence electrons. The first-order valence-corrected chi connectivity index (χ1v) is 7.84. The molecule has 4 heteroatoms. The maximum atomic E-state index is 5.95. The third kappa shape index (κ3) is 4.30. The summed E-state index contributed by atoms with van der Waals surface area (Å²) < 4.78 is 0. The molecule has 0 aliphatic rings. The molecular weight excluding hydrogens is 276 g/mol. The Balaban J connectivity index is 2.13. The molecule has 0 saturated carbocycles. The first kappa shape index (κ1) is 14.5. The van der Waals surface area contributed by atoms with Crippen LogP contribution in [0.15, 0.2) is 29.6 Å². The summed E-state index contributed by atoms with van der Waals surface area (Å²) in [5.74, 6) is 0. The number of aryl methyl sites for hydroxylation is 1. The third-order valence-electron chi connectivity index (χ3n) is 2.96. The topological polar surface area (TPSA) is 24.9 Å². The predicted molar refractivity (Wildman–Crippen MR) is 83.0 cm³/mol. The summed E-state index contributed by atoms with van der Waals surface area (Å²) in [4.78, 5) is 4.55. The molecule has 2 nitrogen and oxygen atoms in total. The van der Waals surface area contributed by atoms with Gasteiger partial charge in [-0.1, -0.05) is 30.7 Å². The quantitative estimate of drug-likeness (QED) is 0.855. The molecule has 2 rings (SSSR count). The lowest BCUT2D eigenvalue weighted by Gasteiger charge is -2.18. The molecular formula is C15H19ClN2S. The van der Waals surface area contributed by atoms with Gasteiger partial charge in [-0.2, -0.15) is 0 Å². The van der Waals surface area contributed by atoms with Crippen molar-refractivity contribution in [3.8, 4) is 0 Å². The van der Waals surface area contributed by atoms with E-state index >= 15 is 0 Å². The molecule has 0 fully saturated rings. The molecule has 0 spiro atoms. The number of nitrogens with one attached hydrogen (secondary N) is 1. The molecule has 1 unspecified atom stereocenters. The van der Waals surface area contributed by atoms with Crippen molar-refractivity contribution in [1.82, 2.24) is 10.3 Å². The van der Waals surface area contributed by atoms with Crippen LogP contribution < -0.4 is 5.32 Å². The van der Waals surface area contributed by atoms with Crippen molar-refractivity contribution in [3.63, 3.8) is 0 Å². The molecule has 0 amide bonds. The number of aromatic nitrogens is 1. The summed E-state index contributed by atoms with van der Waals surface area (Å²) in [5.41, 5.74) is 2.37. The largest absolute Gasteiger partial charge is 0.310 e. The minimum absolute atomic E-state index is 0.308. The van der Waals surface area contributed by atoms with E-state index in [1.807, 2.05) is 19.1 Å². The van der Waals surface area contributed by atoms with Crippen molar-refractivity contribution in [2.75, 3.05) is 6.54 Å². The van der Waals surface area contributed by atoms with Gasteiger partial charge >= 0.3 is 0 Å². The lowest BCUT2D eigenvalue weighted by molar-refractivity contribution is 0.528. The minimum Gasteiger partial charge on any atom is -0.310 e. The second kappa shape index (κ2) is 7.04. The standard InChI is InChI=1S/C15H19ClN2S/c1-3-8-17-14(9-15-18-11(2)10-19-15)12-4-6-13(16)7-5-12/h4-7,10,14,17H,3,8-9H2,1-2H3. The van der Waals surface area contributed by atoms with Crippen LogP contribution in [0.25, 0.3) is 0 Å². The summed E-state index contributed by atoms with van der Waals surface area (Å²) in [7, 11) is 0. The number of hydrogen-bond donors (Lipinski definition) is 1. The average molecular weight is 295 g/mol. The van der Waals surface area contributed by atoms with E-state index in [1.54, 1.807) is 11.3 Å². The van der Waals surface area contributed by atoms with E-state index in [0.717, 1.165) is 30.1 Å². The van der Waals surface area contributed by atoms with Crippen molar-refractivity contribution in [3.05, 3.63) is 50.9 Å². The number of thiazole rings is 1. The SMILES string of the molecule is CCCNC(Cc1nc(C)cs1)c1ccc(Cl)cc1. The monoisotopic (exact) mass is 294 g/mol. The Hall–Kier alpha value is -0.900. The molecule has 1 heterocycles. The molecule has 0 radical (unpaired) electrons. The molecule has 2 aromatic rings. The average Bonchev–Trinajstić information content (AvgIpc) is 2.81. The Morgan fingerprint density at radius 1 is 1.32 bits per heavy atom. The van der Waals surface area contributed by atoms with Crippen molar-refractivity contribution in [2.24, 2.45) is 0 Å². The zero-order valence-corrected chi connectivity index (χ0v) is 12.9. The van der Waals surface area contributed by atoms with E-state index in [9.17, 15) is 0 Å². The van der Waals surface area contributed by atoms with Crippen LogP contribution in [0, 0.1) is 6.92 Å². The van der Waals surface area contributed by atoms with E-state index in [0.29, 0.717) is 6.04 Å². The van der Waals surface area contributed by atoms with Gasteiger partial charge in [-0.25, -0.2) is 4.98 Å². The van der Waals surface area contributed by atoms with Gasteiger partial charge < -0.3 is 5.32 Å². The number of hydrogen-bond acceptors (Lipinski definition) is 3. The second-order valence-corrected chi connectivity index (χ2v) is 6.02. The molecule has 1 N–H and O–H groups in total. The van der Waals surface area contributed by atoms with E-state index in [1.165, 1.54) is 10.6 Å². The summed E-state index contributed by atoms with van der Waals surface area (Å²) in [6, 6.07) is 8.39. The Morgan fingerprint density at radius 2 is 2.05 bits per heavy atom. The maximum Gasteiger partial charge on any atom is 0.0947 e. The summed E-state index contributed by atoms with van der Waals surface area (Å²) in [6.45, 7) is 5.23. The van der Waals surface area contributed by atoms with Gasteiger partial charge in [-0.3, -0.25) is 0 Å². The van der Waals surface area contributed by atoms with Gasteiger partial charge in [-0.15, -0.1) is 11.3 Å². The fraction of sp³-hybridized carbons (Fsp3) is 0.400. The Bertz CT molecular complexity index is 507. The smallest absolute Gasteiger partial charge is 0.0947 e. The first-order valence-electron chi connectivity index (χ1n) is 6.59. The molecule has 0 aliphatic carbocycles. The zero-order valence-electron chi connectivity index (χ0n) is 11.3. The van der Waals surface area contributed by atoms with Gasteiger partial charge in [0.15, 0.2) is 0 Å². The molecule has 0 aliphatic heterocycles. The van der Waals surface area contributed by atoms with Crippen LogP contribution in [0.4, 0.5) is 0 Å².